The van der Waals surface area contributed by atoms with Gasteiger partial charge in [-0.3, -0.25) is 0 Å². The molecule has 0 bridgehead atoms. The maximum Gasteiger partial charge on any atom is 0.319 e. The van der Waals surface area contributed by atoms with Gasteiger partial charge in [0.2, 0.25) is 0 Å². The van der Waals surface area contributed by atoms with E-state index in [2.05, 4.69) is 42.0 Å². The third-order valence-corrected chi connectivity index (χ3v) is 5.24. The topological polar surface area (TPSA) is 104 Å². The first-order chi connectivity index (χ1) is 15.0. The van der Waals surface area contributed by atoms with Gasteiger partial charge in [-0.05, 0) is 52.3 Å². The molecule has 0 saturated heterocycles. The van der Waals surface area contributed by atoms with Crippen molar-refractivity contribution >= 4 is 50.7 Å². The summed E-state index contributed by atoms with van der Waals surface area (Å²) in [5, 5.41) is 23.9. The van der Waals surface area contributed by atoms with Gasteiger partial charge in [0.05, 0.1) is 16.4 Å². The second-order valence-corrected chi connectivity index (χ2v) is 7.88. The van der Waals surface area contributed by atoms with Crippen LogP contribution in [0.4, 0.5) is 16.3 Å². The molecular weight excluding hydrogens is 484 g/mol. The maximum absolute atomic E-state index is 12.1. The highest BCUT2D eigenvalue weighted by Crippen LogP contribution is 2.30. The second kappa shape index (κ2) is 9.23. The van der Waals surface area contributed by atoms with Gasteiger partial charge >= 0.3 is 6.03 Å². The summed E-state index contributed by atoms with van der Waals surface area (Å²) in [6.07, 6.45) is 1.65. The number of rotatable bonds is 6. The number of aromatic hydroxyl groups is 1. The largest absolute Gasteiger partial charge is 0.507 e. The molecule has 0 aliphatic rings. The number of fused-ring (bicyclic) bond motifs is 1. The van der Waals surface area contributed by atoms with E-state index in [1.54, 1.807) is 59.2 Å². The number of benzene rings is 2. The van der Waals surface area contributed by atoms with Crippen LogP contribution in [0.15, 0.2) is 65.3 Å². The summed E-state index contributed by atoms with van der Waals surface area (Å²) >= 11 is 9.30. The molecular formula is C21H18BrClN6O2. The summed E-state index contributed by atoms with van der Waals surface area (Å²) in [5.41, 5.74) is 2.47. The molecule has 158 valence electrons. The lowest BCUT2D eigenvalue weighted by Gasteiger charge is -2.12. The number of anilines is 2. The van der Waals surface area contributed by atoms with Crippen LogP contribution in [0, 0.1) is 0 Å². The number of amides is 2. The smallest absolute Gasteiger partial charge is 0.319 e. The van der Waals surface area contributed by atoms with Crippen LogP contribution in [0.1, 0.15) is 0 Å². The predicted molar refractivity (Wildman–Crippen MR) is 125 cm³/mol. The van der Waals surface area contributed by atoms with Crippen molar-refractivity contribution in [2.75, 3.05) is 23.7 Å². The predicted octanol–water partition coefficient (Wildman–Crippen LogP) is 4.75. The van der Waals surface area contributed by atoms with Gasteiger partial charge in [-0.25, -0.2) is 9.78 Å². The summed E-state index contributed by atoms with van der Waals surface area (Å²) in [6.45, 7) is 0.822. The van der Waals surface area contributed by atoms with E-state index in [0.29, 0.717) is 46.5 Å². The highest BCUT2D eigenvalue weighted by molar-refractivity contribution is 9.10. The van der Waals surface area contributed by atoms with Gasteiger partial charge in [0.25, 0.3) is 0 Å². The number of carbonyl (C=O) groups excluding carboxylic acids is 1. The molecule has 0 aliphatic heterocycles. The van der Waals surface area contributed by atoms with E-state index in [-0.39, 0.29) is 11.8 Å². The van der Waals surface area contributed by atoms with Gasteiger partial charge in [0.1, 0.15) is 11.6 Å². The molecule has 0 fully saturated rings. The summed E-state index contributed by atoms with van der Waals surface area (Å²) in [5.74, 6) is 0.815. The Bertz CT molecular complexity index is 1230. The van der Waals surface area contributed by atoms with Crippen LogP contribution in [0.5, 0.6) is 5.75 Å². The average molecular weight is 502 g/mol. The summed E-state index contributed by atoms with van der Waals surface area (Å²) in [7, 11) is 0. The SMILES string of the molecule is O=C(NCCNc1cc(-c2ccccc2O)nc2c(Br)cnn12)Nc1ccc(Cl)cc1. The zero-order chi connectivity index (χ0) is 21.8. The number of nitrogens with zero attached hydrogens (tertiary/aromatic N) is 3. The number of halogens is 2. The van der Waals surface area contributed by atoms with Gasteiger partial charge in [0.15, 0.2) is 5.65 Å². The van der Waals surface area contributed by atoms with Crippen LogP contribution in [0.3, 0.4) is 0 Å². The lowest BCUT2D eigenvalue weighted by atomic mass is 10.1. The first-order valence-corrected chi connectivity index (χ1v) is 10.6. The second-order valence-electron chi connectivity index (χ2n) is 6.59. The van der Waals surface area contributed by atoms with Crippen LogP contribution < -0.4 is 16.0 Å². The Hall–Kier alpha value is -3.30. The average Bonchev–Trinajstić information content (AvgIpc) is 3.14. The fourth-order valence-electron chi connectivity index (χ4n) is 2.97. The van der Waals surface area contributed by atoms with Crippen molar-refractivity contribution in [3.05, 3.63) is 70.3 Å². The van der Waals surface area contributed by atoms with Crippen LogP contribution in [-0.2, 0) is 0 Å². The minimum absolute atomic E-state index is 0.140. The molecule has 0 spiro atoms. The Kier molecular flexibility index (Phi) is 6.24. The van der Waals surface area contributed by atoms with E-state index in [9.17, 15) is 9.90 Å². The van der Waals surface area contributed by atoms with Gasteiger partial charge in [-0.2, -0.15) is 9.61 Å². The van der Waals surface area contributed by atoms with Crippen molar-refractivity contribution in [1.29, 1.82) is 0 Å². The van der Waals surface area contributed by atoms with E-state index in [0.717, 1.165) is 4.47 Å². The number of hydrogen-bond acceptors (Lipinski definition) is 5. The highest BCUT2D eigenvalue weighted by Gasteiger charge is 2.13. The summed E-state index contributed by atoms with van der Waals surface area (Å²) in [6, 6.07) is 15.3. The number of aromatic nitrogens is 3. The molecule has 0 saturated carbocycles. The van der Waals surface area contributed by atoms with E-state index >= 15 is 0 Å². The minimum Gasteiger partial charge on any atom is -0.507 e. The maximum atomic E-state index is 12.1. The van der Waals surface area contributed by atoms with Crippen molar-refractivity contribution in [3.63, 3.8) is 0 Å². The molecule has 0 atom stereocenters. The van der Waals surface area contributed by atoms with E-state index in [4.69, 9.17) is 11.6 Å². The lowest BCUT2D eigenvalue weighted by Crippen LogP contribution is -2.32. The Morgan fingerprint density at radius 3 is 2.68 bits per heavy atom. The molecule has 0 radical (unpaired) electrons. The van der Waals surface area contributed by atoms with Crippen molar-refractivity contribution < 1.29 is 9.90 Å². The lowest BCUT2D eigenvalue weighted by molar-refractivity contribution is 0.252. The molecule has 4 rings (SSSR count). The van der Waals surface area contributed by atoms with Gasteiger partial charge in [-0.1, -0.05) is 23.7 Å². The number of nitrogens with one attached hydrogen (secondary N) is 3. The number of phenolic OH excluding ortho intramolecular Hbond substituents is 1. The van der Waals surface area contributed by atoms with Crippen LogP contribution in [0.2, 0.25) is 5.02 Å². The third-order valence-electron chi connectivity index (χ3n) is 4.43. The van der Waals surface area contributed by atoms with E-state index < -0.39 is 0 Å². The quantitative estimate of drug-likeness (QED) is 0.285. The normalized spacial score (nSPS) is 10.8. The fraction of sp³-hybridized carbons (Fsp3) is 0.0952. The zero-order valence-electron chi connectivity index (χ0n) is 16.1. The van der Waals surface area contributed by atoms with Crippen LogP contribution in [-0.4, -0.2) is 38.8 Å². The molecule has 4 aromatic rings. The minimum atomic E-state index is -0.319. The Labute approximate surface area is 191 Å². The van der Waals surface area contributed by atoms with Crippen LogP contribution >= 0.6 is 27.5 Å². The molecule has 8 nitrogen and oxygen atoms in total. The molecule has 4 N–H and O–H groups in total. The van der Waals surface area contributed by atoms with Crippen molar-refractivity contribution in [1.82, 2.24) is 19.9 Å². The fourth-order valence-corrected chi connectivity index (χ4v) is 3.44. The molecule has 31 heavy (non-hydrogen) atoms. The standard InChI is InChI=1S/C21H18BrClN6O2/c22-16-12-26-29-19(11-17(28-20(16)29)15-3-1-2-4-18(15)30)24-9-10-25-21(31)27-14-7-5-13(23)6-8-14/h1-8,11-12,24,30H,9-10H2,(H2,25,27,31). The van der Waals surface area contributed by atoms with Gasteiger partial charge in [0, 0.05) is 35.4 Å². The summed E-state index contributed by atoms with van der Waals surface area (Å²) in [4.78, 5) is 16.7. The monoisotopic (exact) mass is 500 g/mol. The number of carbonyl (C=O) groups is 1. The third kappa shape index (κ3) is 4.89. The van der Waals surface area contributed by atoms with Gasteiger partial charge in [-0.15, -0.1) is 0 Å². The summed E-state index contributed by atoms with van der Waals surface area (Å²) < 4.78 is 2.38. The first-order valence-electron chi connectivity index (χ1n) is 9.38. The molecule has 10 heteroatoms. The van der Waals surface area contributed by atoms with E-state index in [1.165, 1.54) is 0 Å². The zero-order valence-corrected chi connectivity index (χ0v) is 18.5. The molecule has 0 unspecified atom stereocenters. The highest BCUT2D eigenvalue weighted by atomic mass is 79.9. The molecule has 0 aliphatic carbocycles. The van der Waals surface area contributed by atoms with Crippen molar-refractivity contribution in [2.45, 2.75) is 0 Å². The molecule has 2 aromatic heterocycles. The molecule has 2 aromatic carbocycles. The Balaban J connectivity index is 1.44. The first kappa shape index (κ1) is 21.0. The number of para-hydroxylation sites is 1. The van der Waals surface area contributed by atoms with E-state index in [1.807, 2.05) is 6.07 Å². The molecule has 2 heterocycles. The molecule has 2 amide bonds. The Morgan fingerprint density at radius 1 is 1.13 bits per heavy atom. The van der Waals surface area contributed by atoms with Crippen molar-refractivity contribution in [2.24, 2.45) is 0 Å². The van der Waals surface area contributed by atoms with Crippen LogP contribution in [0.25, 0.3) is 16.9 Å². The number of urea groups is 1. The number of phenols is 1. The number of hydrogen-bond donors (Lipinski definition) is 4. The van der Waals surface area contributed by atoms with Crippen molar-refractivity contribution in [3.8, 4) is 17.0 Å². The van der Waals surface area contributed by atoms with Gasteiger partial charge < -0.3 is 21.1 Å². The Morgan fingerprint density at radius 2 is 1.90 bits per heavy atom.